The van der Waals surface area contributed by atoms with Crippen molar-refractivity contribution in [2.24, 2.45) is 0 Å². The van der Waals surface area contributed by atoms with Gasteiger partial charge in [0.2, 0.25) is 0 Å². The van der Waals surface area contributed by atoms with Crippen LogP contribution in [0.1, 0.15) is 11.1 Å². The van der Waals surface area contributed by atoms with E-state index in [2.05, 4.69) is 11.7 Å². The van der Waals surface area contributed by atoms with Crippen molar-refractivity contribution in [3.8, 4) is 5.75 Å². The highest BCUT2D eigenvalue weighted by molar-refractivity contribution is 5.43. The zero-order chi connectivity index (χ0) is 12.6. The zero-order valence-corrected chi connectivity index (χ0v) is 7.62. The molecule has 0 aromatic heterocycles. The lowest BCUT2D eigenvalue weighted by Crippen LogP contribution is -2.20. The highest BCUT2D eigenvalue weighted by Crippen LogP contribution is 2.40. The largest absolute Gasteiger partial charge is 0.573 e. The average Bonchev–Trinajstić information content (AvgIpc) is 1.97. The maximum Gasteiger partial charge on any atom is 0.573 e. The third-order valence-corrected chi connectivity index (χ3v) is 1.62. The molecule has 1 rings (SSSR count). The molecule has 7 heteroatoms. The number of alkyl halides is 6. The molecule has 0 fully saturated rings. The van der Waals surface area contributed by atoms with Crippen LogP contribution in [0, 0.1) is 6.92 Å². The third-order valence-electron chi connectivity index (χ3n) is 1.62. The molecular formula is C9H5F6O. The number of halogens is 6. The van der Waals surface area contributed by atoms with Gasteiger partial charge in [-0.2, -0.15) is 13.2 Å². The summed E-state index contributed by atoms with van der Waals surface area (Å²) in [7, 11) is 0. The molecule has 89 valence electrons. The molecule has 1 radical (unpaired) electrons. The van der Waals surface area contributed by atoms with E-state index in [9.17, 15) is 26.3 Å². The molecule has 0 aliphatic carbocycles. The third kappa shape index (κ3) is 3.04. The Morgan fingerprint density at radius 3 is 2.00 bits per heavy atom. The van der Waals surface area contributed by atoms with Gasteiger partial charge in [0.1, 0.15) is 11.3 Å². The van der Waals surface area contributed by atoms with E-state index in [1.54, 1.807) is 0 Å². The lowest BCUT2D eigenvalue weighted by atomic mass is 10.1. The molecule has 0 aliphatic heterocycles. The summed E-state index contributed by atoms with van der Waals surface area (Å²) in [5.41, 5.74) is -2.10. The van der Waals surface area contributed by atoms with Gasteiger partial charge < -0.3 is 4.74 Å². The molecule has 0 heterocycles. The summed E-state index contributed by atoms with van der Waals surface area (Å²) in [6.45, 7) is 3.01. The molecular weight excluding hydrogens is 238 g/mol. The van der Waals surface area contributed by atoms with Gasteiger partial charge in [0.05, 0.1) is 0 Å². The minimum absolute atomic E-state index is 0.575. The van der Waals surface area contributed by atoms with E-state index in [0.717, 1.165) is 12.1 Å². The number of hydrogen-bond acceptors (Lipinski definition) is 1. The van der Waals surface area contributed by atoms with E-state index >= 15 is 0 Å². The SMILES string of the molecule is [CH2]c1cccc(OC(F)(F)F)c1C(F)(F)F. The molecule has 0 atom stereocenters. The van der Waals surface area contributed by atoms with E-state index in [1.807, 2.05) is 0 Å². The monoisotopic (exact) mass is 243 g/mol. The fourth-order valence-corrected chi connectivity index (χ4v) is 1.11. The van der Waals surface area contributed by atoms with Crippen molar-refractivity contribution in [3.05, 3.63) is 36.2 Å². The van der Waals surface area contributed by atoms with Crippen molar-refractivity contribution < 1.29 is 31.1 Å². The summed E-state index contributed by atoms with van der Waals surface area (Å²) >= 11 is 0. The molecule has 1 aromatic rings. The van der Waals surface area contributed by atoms with Crippen LogP contribution in [0.25, 0.3) is 0 Å². The fraction of sp³-hybridized carbons (Fsp3) is 0.222. The molecule has 0 unspecified atom stereocenters. The first kappa shape index (κ1) is 12.7. The maximum atomic E-state index is 12.4. The van der Waals surface area contributed by atoms with Crippen LogP contribution in [-0.4, -0.2) is 6.36 Å². The summed E-state index contributed by atoms with van der Waals surface area (Å²) in [5, 5.41) is 0. The van der Waals surface area contributed by atoms with Crippen LogP contribution in [0.5, 0.6) is 5.75 Å². The standard InChI is InChI=1S/C9H5F6O/c1-5-3-2-4-6(16-9(13,14)15)7(5)8(10,11)12/h2-4H,1H2. The Bertz CT molecular complexity index is 379. The van der Waals surface area contributed by atoms with Crippen LogP contribution in [0.4, 0.5) is 26.3 Å². The molecule has 0 spiro atoms. The number of rotatable bonds is 1. The lowest BCUT2D eigenvalue weighted by molar-refractivity contribution is -0.276. The van der Waals surface area contributed by atoms with Crippen molar-refractivity contribution in [1.82, 2.24) is 0 Å². The first-order valence-electron chi connectivity index (χ1n) is 3.89. The van der Waals surface area contributed by atoms with Crippen molar-refractivity contribution in [2.45, 2.75) is 12.5 Å². The quantitative estimate of drug-likeness (QED) is 0.682. The van der Waals surface area contributed by atoms with Gasteiger partial charge in [0.25, 0.3) is 0 Å². The van der Waals surface area contributed by atoms with Gasteiger partial charge in [-0.3, -0.25) is 0 Å². The fourth-order valence-electron chi connectivity index (χ4n) is 1.11. The Hall–Kier alpha value is -1.40. The van der Waals surface area contributed by atoms with Gasteiger partial charge >= 0.3 is 12.5 Å². The summed E-state index contributed by atoms with van der Waals surface area (Å²) in [6.07, 6.45) is -10.1. The molecule has 0 aliphatic rings. The van der Waals surface area contributed by atoms with Crippen molar-refractivity contribution >= 4 is 0 Å². The lowest BCUT2D eigenvalue weighted by Gasteiger charge is -2.16. The van der Waals surface area contributed by atoms with E-state index in [4.69, 9.17) is 0 Å². The number of hydrogen-bond donors (Lipinski definition) is 0. The number of benzene rings is 1. The predicted molar refractivity (Wildman–Crippen MR) is 42.6 cm³/mol. The Morgan fingerprint density at radius 2 is 1.56 bits per heavy atom. The summed E-state index contributed by atoms with van der Waals surface area (Å²) in [6, 6.07) is 2.54. The molecule has 0 saturated carbocycles. The Balaban J connectivity index is 3.24. The summed E-state index contributed by atoms with van der Waals surface area (Å²) < 4.78 is 76.0. The van der Waals surface area contributed by atoms with Gasteiger partial charge in [-0.15, -0.1) is 13.2 Å². The van der Waals surface area contributed by atoms with Crippen LogP contribution in [0.3, 0.4) is 0 Å². The first-order chi connectivity index (χ1) is 7.11. The maximum absolute atomic E-state index is 12.4. The van der Waals surface area contributed by atoms with Crippen LogP contribution in [0.2, 0.25) is 0 Å². The molecule has 1 nitrogen and oxygen atoms in total. The molecule has 0 bridgehead atoms. The zero-order valence-electron chi connectivity index (χ0n) is 7.62. The molecule has 16 heavy (non-hydrogen) atoms. The van der Waals surface area contributed by atoms with E-state index in [1.165, 1.54) is 0 Å². The Kier molecular flexibility index (Phi) is 3.07. The van der Waals surface area contributed by atoms with Crippen LogP contribution >= 0.6 is 0 Å². The summed E-state index contributed by atoms with van der Waals surface area (Å²) in [4.78, 5) is 0. The Morgan fingerprint density at radius 1 is 1.00 bits per heavy atom. The molecule has 1 aromatic carbocycles. The van der Waals surface area contributed by atoms with Crippen molar-refractivity contribution in [1.29, 1.82) is 0 Å². The van der Waals surface area contributed by atoms with Crippen LogP contribution in [0.15, 0.2) is 18.2 Å². The Labute approximate surface area is 86.6 Å². The predicted octanol–water partition coefficient (Wildman–Crippen LogP) is 3.79. The minimum Gasteiger partial charge on any atom is -0.405 e. The van der Waals surface area contributed by atoms with Crippen molar-refractivity contribution in [2.75, 3.05) is 0 Å². The van der Waals surface area contributed by atoms with Gasteiger partial charge in [0, 0.05) is 0 Å². The van der Waals surface area contributed by atoms with Gasteiger partial charge in [-0.1, -0.05) is 12.1 Å². The minimum atomic E-state index is -5.17. The smallest absolute Gasteiger partial charge is 0.405 e. The topological polar surface area (TPSA) is 9.23 Å². The van der Waals surface area contributed by atoms with E-state index in [-0.39, 0.29) is 0 Å². The normalized spacial score (nSPS) is 12.7. The summed E-state index contributed by atoms with van der Waals surface area (Å²) in [5.74, 6) is -1.30. The average molecular weight is 243 g/mol. The second-order valence-corrected chi connectivity index (χ2v) is 2.84. The highest BCUT2D eigenvalue weighted by Gasteiger charge is 2.40. The van der Waals surface area contributed by atoms with Crippen LogP contribution < -0.4 is 4.74 Å². The first-order valence-corrected chi connectivity index (χ1v) is 3.89. The van der Waals surface area contributed by atoms with Crippen LogP contribution in [-0.2, 0) is 6.18 Å². The van der Waals surface area contributed by atoms with E-state index < -0.39 is 29.4 Å². The second-order valence-electron chi connectivity index (χ2n) is 2.84. The van der Waals surface area contributed by atoms with Gasteiger partial charge in [-0.25, -0.2) is 0 Å². The molecule has 0 amide bonds. The van der Waals surface area contributed by atoms with Gasteiger partial charge in [0.15, 0.2) is 0 Å². The van der Waals surface area contributed by atoms with E-state index in [0.29, 0.717) is 6.07 Å². The molecule has 0 N–H and O–H groups in total. The molecule has 0 saturated heterocycles. The van der Waals surface area contributed by atoms with Gasteiger partial charge in [-0.05, 0) is 18.6 Å². The highest BCUT2D eigenvalue weighted by atomic mass is 19.4. The second kappa shape index (κ2) is 3.88. The van der Waals surface area contributed by atoms with Crippen molar-refractivity contribution in [3.63, 3.8) is 0 Å². The number of ether oxygens (including phenoxy) is 1.